The molecule has 1 aromatic carbocycles. The zero-order valence-electron chi connectivity index (χ0n) is 15.0. The van der Waals surface area contributed by atoms with Crippen molar-refractivity contribution in [1.82, 2.24) is 14.9 Å². The van der Waals surface area contributed by atoms with Crippen LogP contribution in [0.4, 0.5) is 0 Å². The predicted octanol–water partition coefficient (Wildman–Crippen LogP) is 3.04. The van der Waals surface area contributed by atoms with Gasteiger partial charge in [0.15, 0.2) is 5.16 Å². The van der Waals surface area contributed by atoms with Gasteiger partial charge in [0.1, 0.15) is 5.76 Å². The van der Waals surface area contributed by atoms with Crippen molar-refractivity contribution in [2.24, 2.45) is 0 Å². The zero-order chi connectivity index (χ0) is 18.7. The van der Waals surface area contributed by atoms with Gasteiger partial charge in [0.25, 0.3) is 5.56 Å². The number of thioether (sulfide) groups is 1. The SMILES string of the molecule is CC(C)(C)NC(=O)CSc1nc2ccccc2c(=O)n1Cc1ccco1. The third kappa shape index (κ3) is 4.35. The molecule has 0 atom stereocenters. The quantitative estimate of drug-likeness (QED) is 0.551. The molecular formula is C19H21N3O3S. The molecule has 0 aliphatic carbocycles. The van der Waals surface area contributed by atoms with E-state index in [1.165, 1.54) is 11.8 Å². The van der Waals surface area contributed by atoms with Crippen LogP contribution in [0.1, 0.15) is 26.5 Å². The molecule has 0 fully saturated rings. The smallest absolute Gasteiger partial charge is 0.262 e. The first-order valence-electron chi connectivity index (χ1n) is 8.29. The van der Waals surface area contributed by atoms with Crippen molar-refractivity contribution in [3.8, 4) is 0 Å². The fourth-order valence-corrected chi connectivity index (χ4v) is 3.34. The number of carbonyl (C=O) groups is 1. The summed E-state index contributed by atoms with van der Waals surface area (Å²) >= 11 is 1.24. The first kappa shape index (κ1) is 18.3. The molecule has 3 aromatic rings. The van der Waals surface area contributed by atoms with E-state index in [0.717, 1.165) is 0 Å². The van der Waals surface area contributed by atoms with Crippen LogP contribution in [-0.2, 0) is 11.3 Å². The number of amides is 1. The maximum absolute atomic E-state index is 12.9. The number of nitrogens with one attached hydrogen (secondary N) is 1. The minimum absolute atomic E-state index is 0.102. The van der Waals surface area contributed by atoms with Crippen LogP contribution in [0, 0.1) is 0 Å². The van der Waals surface area contributed by atoms with Crippen molar-refractivity contribution in [3.05, 3.63) is 58.8 Å². The third-order valence-electron chi connectivity index (χ3n) is 3.57. The van der Waals surface area contributed by atoms with Gasteiger partial charge in [-0.25, -0.2) is 4.98 Å². The summed E-state index contributed by atoms with van der Waals surface area (Å²) in [7, 11) is 0. The Morgan fingerprint density at radius 2 is 2.00 bits per heavy atom. The molecule has 0 spiro atoms. The monoisotopic (exact) mass is 371 g/mol. The zero-order valence-corrected chi connectivity index (χ0v) is 15.8. The van der Waals surface area contributed by atoms with Crippen LogP contribution in [0.25, 0.3) is 10.9 Å². The normalized spacial score (nSPS) is 11.7. The molecule has 0 radical (unpaired) electrons. The molecule has 0 aliphatic rings. The van der Waals surface area contributed by atoms with Gasteiger partial charge in [0, 0.05) is 5.54 Å². The Labute approximate surface area is 155 Å². The summed E-state index contributed by atoms with van der Waals surface area (Å²) in [4.78, 5) is 29.6. The fourth-order valence-electron chi connectivity index (χ4n) is 2.54. The second-order valence-corrected chi connectivity index (χ2v) is 7.91. The fraction of sp³-hybridized carbons (Fsp3) is 0.316. The van der Waals surface area contributed by atoms with Gasteiger partial charge in [-0.1, -0.05) is 23.9 Å². The van der Waals surface area contributed by atoms with Gasteiger partial charge in [-0.2, -0.15) is 0 Å². The summed E-state index contributed by atoms with van der Waals surface area (Å²) in [5.74, 6) is 0.736. The second kappa shape index (κ2) is 7.37. The average Bonchev–Trinajstić information content (AvgIpc) is 3.07. The lowest BCUT2D eigenvalue weighted by Gasteiger charge is -2.20. The van der Waals surface area contributed by atoms with Crippen LogP contribution in [0.15, 0.2) is 57.0 Å². The van der Waals surface area contributed by atoms with E-state index in [-0.39, 0.29) is 29.3 Å². The summed E-state index contributed by atoms with van der Waals surface area (Å²) in [6, 6.07) is 10.8. The lowest BCUT2D eigenvalue weighted by Crippen LogP contribution is -2.41. The van der Waals surface area contributed by atoms with Crippen LogP contribution in [0.5, 0.6) is 0 Å². The van der Waals surface area contributed by atoms with Gasteiger partial charge in [-0.3, -0.25) is 14.2 Å². The van der Waals surface area contributed by atoms with Crippen LogP contribution in [0.2, 0.25) is 0 Å². The minimum Gasteiger partial charge on any atom is -0.467 e. The van der Waals surface area contributed by atoms with Crippen molar-refractivity contribution >= 4 is 28.6 Å². The minimum atomic E-state index is -0.303. The Hall–Kier alpha value is -2.54. The van der Waals surface area contributed by atoms with Crippen molar-refractivity contribution in [3.63, 3.8) is 0 Å². The number of fused-ring (bicyclic) bond motifs is 1. The Morgan fingerprint density at radius 3 is 2.69 bits per heavy atom. The van der Waals surface area contributed by atoms with Gasteiger partial charge in [0.05, 0.1) is 29.5 Å². The first-order valence-corrected chi connectivity index (χ1v) is 9.28. The number of carbonyl (C=O) groups excluding carboxylic acids is 1. The summed E-state index contributed by atoms with van der Waals surface area (Å²) in [5, 5.41) is 3.95. The maximum Gasteiger partial charge on any atom is 0.262 e. The largest absolute Gasteiger partial charge is 0.467 e. The molecule has 0 aliphatic heterocycles. The highest BCUT2D eigenvalue weighted by Gasteiger charge is 2.17. The number of nitrogens with zero attached hydrogens (tertiary/aromatic N) is 2. The Bertz CT molecular complexity index is 972. The summed E-state index contributed by atoms with van der Waals surface area (Å²) in [6.45, 7) is 6.05. The maximum atomic E-state index is 12.9. The topological polar surface area (TPSA) is 77.1 Å². The highest BCUT2D eigenvalue weighted by Crippen LogP contribution is 2.19. The molecule has 6 nitrogen and oxygen atoms in total. The molecule has 0 saturated carbocycles. The average molecular weight is 371 g/mol. The van der Waals surface area contributed by atoms with E-state index in [1.807, 2.05) is 39.0 Å². The van der Waals surface area contributed by atoms with Crippen molar-refractivity contribution in [1.29, 1.82) is 0 Å². The molecule has 3 rings (SSSR count). The van der Waals surface area contributed by atoms with E-state index >= 15 is 0 Å². The van der Waals surface area contributed by atoms with Crippen molar-refractivity contribution in [2.75, 3.05) is 5.75 Å². The molecule has 7 heteroatoms. The number of aromatic nitrogens is 2. The molecule has 2 aromatic heterocycles. The Balaban J connectivity index is 1.94. The molecule has 2 heterocycles. The van der Waals surface area contributed by atoms with Crippen LogP contribution < -0.4 is 10.9 Å². The number of rotatable bonds is 5. The first-order chi connectivity index (χ1) is 12.3. The molecule has 26 heavy (non-hydrogen) atoms. The van der Waals surface area contributed by atoms with E-state index in [2.05, 4.69) is 10.3 Å². The van der Waals surface area contributed by atoms with Gasteiger partial charge in [0.2, 0.25) is 5.91 Å². The van der Waals surface area contributed by atoms with E-state index in [1.54, 1.807) is 29.0 Å². The number of para-hydroxylation sites is 1. The van der Waals surface area contributed by atoms with Crippen molar-refractivity contribution < 1.29 is 9.21 Å². The van der Waals surface area contributed by atoms with Gasteiger partial charge in [-0.15, -0.1) is 0 Å². The van der Waals surface area contributed by atoms with Crippen molar-refractivity contribution in [2.45, 2.75) is 38.0 Å². The number of hydrogen-bond acceptors (Lipinski definition) is 5. The molecule has 1 N–H and O–H groups in total. The van der Waals surface area contributed by atoms with Gasteiger partial charge < -0.3 is 9.73 Å². The van der Waals surface area contributed by atoms with E-state index in [9.17, 15) is 9.59 Å². The number of hydrogen-bond donors (Lipinski definition) is 1. The lowest BCUT2D eigenvalue weighted by molar-refractivity contribution is -0.119. The van der Waals surface area contributed by atoms with Crippen LogP contribution in [0.3, 0.4) is 0 Å². The van der Waals surface area contributed by atoms with Gasteiger partial charge >= 0.3 is 0 Å². The van der Waals surface area contributed by atoms with Gasteiger partial charge in [-0.05, 0) is 45.0 Å². The Morgan fingerprint density at radius 1 is 1.23 bits per heavy atom. The summed E-state index contributed by atoms with van der Waals surface area (Å²) in [5.41, 5.74) is 0.167. The molecule has 0 saturated heterocycles. The highest BCUT2D eigenvalue weighted by molar-refractivity contribution is 7.99. The molecular weight excluding hydrogens is 350 g/mol. The summed E-state index contributed by atoms with van der Waals surface area (Å²) in [6.07, 6.45) is 1.57. The summed E-state index contributed by atoms with van der Waals surface area (Å²) < 4.78 is 6.93. The van der Waals surface area contributed by atoms with E-state index < -0.39 is 0 Å². The predicted molar refractivity (Wildman–Crippen MR) is 102 cm³/mol. The standard InChI is InChI=1S/C19H21N3O3S/c1-19(2,3)21-16(23)12-26-18-20-15-9-5-4-8-14(15)17(24)22(18)11-13-7-6-10-25-13/h4-10H,11-12H2,1-3H3,(H,21,23). The second-order valence-electron chi connectivity index (χ2n) is 6.97. The molecule has 136 valence electrons. The van der Waals surface area contributed by atoms with Crippen LogP contribution in [-0.4, -0.2) is 26.8 Å². The molecule has 0 unspecified atom stereocenters. The van der Waals surface area contributed by atoms with Crippen LogP contribution >= 0.6 is 11.8 Å². The Kier molecular flexibility index (Phi) is 5.18. The highest BCUT2D eigenvalue weighted by atomic mass is 32.2. The molecule has 0 bridgehead atoms. The third-order valence-corrected chi connectivity index (χ3v) is 4.54. The van der Waals surface area contributed by atoms with E-state index in [4.69, 9.17) is 4.42 Å². The molecule has 1 amide bonds. The number of furan rings is 1. The number of benzene rings is 1. The lowest BCUT2D eigenvalue weighted by atomic mass is 10.1. The van der Waals surface area contributed by atoms with E-state index in [0.29, 0.717) is 21.8 Å².